The van der Waals surface area contributed by atoms with Crippen LogP contribution in [0.25, 0.3) is 0 Å². The molecule has 202 valence electrons. The predicted molar refractivity (Wildman–Crippen MR) is 155 cm³/mol. The molecule has 4 aromatic carbocycles. The molecule has 0 bridgehead atoms. The Balaban J connectivity index is 1.69. The Morgan fingerprint density at radius 1 is 0.923 bits per heavy atom. The van der Waals surface area contributed by atoms with Crippen molar-refractivity contribution in [3.05, 3.63) is 107 Å². The van der Waals surface area contributed by atoms with Crippen molar-refractivity contribution < 1.29 is 22.7 Å². The van der Waals surface area contributed by atoms with E-state index >= 15 is 0 Å². The SMILES string of the molecule is CCc1ccc(N(CC(=O)Nc2cc(Cl)ccc2Oc2ccccc2)S(=O)(=O)c2cc(C)ccc2OC)cc1. The van der Waals surface area contributed by atoms with Crippen molar-refractivity contribution in [3.8, 4) is 17.2 Å². The second kappa shape index (κ2) is 12.2. The van der Waals surface area contributed by atoms with Crippen molar-refractivity contribution in [1.82, 2.24) is 0 Å². The lowest BCUT2D eigenvalue weighted by atomic mass is 10.1. The minimum atomic E-state index is -4.20. The zero-order valence-corrected chi connectivity index (χ0v) is 23.4. The number of aryl methyl sites for hydroxylation is 2. The van der Waals surface area contributed by atoms with Crippen molar-refractivity contribution in [2.24, 2.45) is 0 Å². The van der Waals surface area contributed by atoms with Gasteiger partial charge in [0.2, 0.25) is 5.91 Å². The molecule has 0 saturated carbocycles. The number of rotatable bonds is 10. The lowest BCUT2D eigenvalue weighted by Gasteiger charge is -2.25. The summed E-state index contributed by atoms with van der Waals surface area (Å²) in [5, 5.41) is 3.16. The molecule has 0 aliphatic heterocycles. The Bertz CT molecular complexity index is 1560. The van der Waals surface area contributed by atoms with E-state index in [1.807, 2.05) is 37.3 Å². The molecule has 0 heterocycles. The maximum atomic E-state index is 14.0. The third-order valence-electron chi connectivity index (χ3n) is 5.99. The molecule has 1 amide bonds. The zero-order chi connectivity index (χ0) is 28.0. The van der Waals surface area contributed by atoms with Crippen LogP contribution in [0.5, 0.6) is 17.2 Å². The van der Waals surface area contributed by atoms with Crippen LogP contribution in [0.15, 0.2) is 95.9 Å². The first-order chi connectivity index (χ1) is 18.7. The average molecular weight is 565 g/mol. The number of halogens is 1. The van der Waals surface area contributed by atoms with Crippen LogP contribution in [0.1, 0.15) is 18.1 Å². The second-order valence-corrected chi connectivity index (χ2v) is 11.1. The maximum Gasteiger partial charge on any atom is 0.268 e. The number of sulfonamides is 1. The van der Waals surface area contributed by atoms with Crippen LogP contribution in [0.3, 0.4) is 0 Å². The molecule has 0 aliphatic rings. The van der Waals surface area contributed by atoms with Crippen molar-refractivity contribution in [1.29, 1.82) is 0 Å². The van der Waals surface area contributed by atoms with Gasteiger partial charge in [0.15, 0.2) is 5.75 Å². The van der Waals surface area contributed by atoms with Crippen molar-refractivity contribution >= 4 is 38.9 Å². The predicted octanol–water partition coefficient (Wildman–Crippen LogP) is 6.85. The van der Waals surface area contributed by atoms with Gasteiger partial charge in [-0.15, -0.1) is 0 Å². The van der Waals surface area contributed by atoms with Crippen molar-refractivity contribution in [2.45, 2.75) is 25.2 Å². The van der Waals surface area contributed by atoms with Gasteiger partial charge in [-0.1, -0.05) is 54.9 Å². The monoisotopic (exact) mass is 564 g/mol. The molecule has 0 aliphatic carbocycles. The Morgan fingerprint density at radius 2 is 1.62 bits per heavy atom. The van der Waals surface area contributed by atoms with E-state index in [4.69, 9.17) is 21.1 Å². The fourth-order valence-electron chi connectivity index (χ4n) is 3.94. The first-order valence-corrected chi connectivity index (χ1v) is 14.1. The number of amides is 1. The summed E-state index contributed by atoms with van der Waals surface area (Å²) in [4.78, 5) is 13.4. The topological polar surface area (TPSA) is 84.9 Å². The molecule has 9 heteroatoms. The molecule has 0 saturated heterocycles. The molecule has 7 nitrogen and oxygen atoms in total. The molecule has 4 rings (SSSR count). The number of ether oxygens (including phenoxy) is 2. The Kier molecular flexibility index (Phi) is 8.79. The average Bonchev–Trinajstić information content (AvgIpc) is 2.94. The van der Waals surface area contributed by atoms with E-state index < -0.39 is 22.5 Å². The molecular formula is C30H29ClN2O5S. The molecule has 39 heavy (non-hydrogen) atoms. The highest BCUT2D eigenvalue weighted by atomic mass is 35.5. The molecular weight excluding hydrogens is 536 g/mol. The number of nitrogens with one attached hydrogen (secondary N) is 1. The van der Waals surface area contributed by atoms with E-state index in [0.717, 1.165) is 21.9 Å². The van der Waals surface area contributed by atoms with Gasteiger partial charge in [0.05, 0.1) is 18.5 Å². The van der Waals surface area contributed by atoms with Crippen molar-refractivity contribution in [3.63, 3.8) is 0 Å². The summed E-state index contributed by atoms with van der Waals surface area (Å²) < 4.78 is 40.3. The number of hydrogen-bond donors (Lipinski definition) is 1. The van der Waals surface area contributed by atoms with Crippen LogP contribution < -0.4 is 19.1 Å². The molecule has 0 radical (unpaired) electrons. The van der Waals surface area contributed by atoms with Gasteiger partial charge in [-0.25, -0.2) is 8.42 Å². The van der Waals surface area contributed by atoms with Crippen molar-refractivity contribution in [2.75, 3.05) is 23.3 Å². The Hall–Kier alpha value is -4.01. The summed E-state index contributed by atoms with van der Waals surface area (Å²) in [6, 6.07) is 25.9. The van der Waals surface area contributed by atoms with E-state index in [-0.39, 0.29) is 10.6 Å². The van der Waals surface area contributed by atoms with E-state index in [1.54, 1.807) is 61.5 Å². The summed E-state index contributed by atoms with van der Waals surface area (Å²) in [7, 11) is -2.80. The first kappa shape index (κ1) is 28.0. The van der Waals surface area contributed by atoms with E-state index in [0.29, 0.717) is 27.9 Å². The number of methoxy groups -OCH3 is 1. The molecule has 1 N–H and O–H groups in total. The highest BCUT2D eigenvalue weighted by Gasteiger charge is 2.30. The quantitative estimate of drug-likeness (QED) is 0.228. The van der Waals surface area contributed by atoms with Crippen LogP contribution in [0.2, 0.25) is 5.02 Å². The fraction of sp³-hybridized carbons (Fsp3) is 0.167. The van der Waals surface area contributed by atoms with Gasteiger partial charge in [-0.05, 0) is 79.1 Å². The van der Waals surface area contributed by atoms with Gasteiger partial charge >= 0.3 is 0 Å². The number of benzene rings is 4. The Labute approximate surface area is 234 Å². The molecule has 0 spiro atoms. The first-order valence-electron chi connectivity index (χ1n) is 12.3. The number of para-hydroxylation sites is 1. The normalized spacial score (nSPS) is 11.1. The van der Waals surface area contributed by atoms with Gasteiger partial charge in [0.25, 0.3) is 10.0 Å². The number of anilines is 2. The number of carbonyl (C=O) groups is 1. The van der Waals surface area contributed by atoms with Crippen LogP contribution in [0.4, 0.5) is 11.4 Å². The third kappa shape index (κ3) is 6.71. The summed E-state index contributed by atoms with van der Waals surface area (Å²) in [6.07, 6.45) is 0.790. The second-order valence-electron chi connectivity index (χ2n) is 8.79. The zero-order valence-electron chi connectivity index (χ0n) is 21.8. The number of hydrogen-bond acceptors (Lipinski definition) is 5. The largest absolute Gasteiger partial charge is 0.495 e. The highest BCUT2D eigenvalue weighted by molar-refractivity contribution is 7.93. The van der Waals surface area contributed by atoms with Gasteiger partial charge in [-0.2, -0.15) is 0 Å². The number of carbonyl (C=O) groups excluding carboxylic acids is 1. The minimum absolute atomic E-state index is 0.0341. The van der Waals surface area contributed by atoms with Gasteiger partial charge in [-0.3, -0.25) is 9.10 Å². The van der Waals surface area contributed by atoms with Gasteiger partial charge in [0, 0.05) is 5.02 Å². The Morgan fingerprint density at radius 3 is 2.28 bits per heavy atom. The van der Waals surface area contributed by atoms with Gasteiger partial charge in [0.1, 0.15) is 22.9 Å². The highest BCUT2D eigenvalue weighted by Crippen LogP contribution is 2.34. The standard InChI is InChI=1S/C30H29ClN2O5S/c1-4-22-11-14-24(15-12-22)33(39(35,36)29-18-21(2)10-16-28(29)37-3)20-30(34)32-26-19-23(31)13-17-27(26)38-25-8-6-5-7-9-25/h5-19H,4,20H2,1-3H3,(H,32,34). The van der Waals surface area contributed by atoms with Crippen LogP contribution >= 0.6 is 11.6 Å². The lowest BCUT2D eigenvalue weighted by molar-refractivity contribution is -0.114. The maximum absolute atomic E-state index is 14.0. The smallest absolute Gasteiger partial charge is 0.268 e. The van der Waals surface area contributed by atoms with Crippen LogP contribution in [0, 0.1) is 6.92 Å². The molecule has 0 atom stereocenters. The molecule has 0 unspecified atom stereocenters. The van der Waals surface area contributed by atoms with Gasteiger partial charge < -0.3 is 14.8 Å². The summed E-state index contributed by atoms with van der Waals surface area (Å²) in [5.41, 5.74) is 2.43. The molecule has 0 aromatic heterocycles. The van der Waals surface area contributed by atoms with E-state index in [2.05, 4.69) is 5.32 Å². The third-order valence-corrected chi connectivity index (χ3v) is 8.02. The lowest BCUT2D eigenvalue weighted by Crippen LogP contribution is -2.38. The van der Waals surface area contributed by atoms with E-state index in [1.165, 1.54) is 13.2 Å². The van der Waals surface area contributed by atoms with Crippen LogP contribution in [-0.4, -0.2) is 28.0 Å². The molecule has 0 fully saturated rings. The van der Waals surface area contributed by atoms with Crippen LogP contribution in [-0.2, 0) is 21.2 Å². The number of nitrogens with zero attached hydrogens (tertiary/aromatic N) is 1. The van der Waals surface area contributed by atoms with E-state index in [9.17, 15) is 13.2 Å². The summed E-state index contributed by atoms with van der Waals surface area (Å²) in [6.45, 7) is 3.30. The fourth-order valence-corrected chi connectivity index (χ4v) is 5.78. The molecule has 4 aromatic rings. The summed E-state index contributed by atoms with van der Waals surface area (Å²) in [5.74, 6) is 0.539. The summed E-state index contributed by atoms with van der Waals surface area (Å²) >= 11 is 6.21. The minimum Gasteiger partial charge on any atom is -0.495 e.